The minimum Gasteiger partial charge on any atom is -0.353 e. The number of carbonyl (C=O) groups excluding carboxylic acids is 1. The molecule has 4 heterocycles. The quantitative estimate of drug-likeness (QED) is 0.419. The number of alkyl halides is 3. The molecule has 0 aliphatic carbocycles. The predicted octanol–water partition coefficient (Wildman–Crippen LogP) is 2.77. The van der Waals surface area contributed by atoms with Gasteiger partial charge in [0, 0.05) is 42.2 Å². The number of fused-ring (bicyclic) bond motifs is 1. The van der Waals surface area contributed by atoms with Crippen LogP contribution < -0.4 is 10.6 Å². The maximum absolute atomic E-state index is 14.8. The number of pyridine rings is 1. The highest BCUT2D eigenvalue weighted by Gasteiger charge is 2.44. The number of amides is 1. The maximum Gasteiger partial charge on any atom is 0.405 e. The summed E-state index contributed by atoms with van der Waals surface area (Å²) < 4.78 is 66.9. The van der Waals surface area contributed by atoms with Gasteiger partial charge < -0.3 is 15.6 Å². The molecule has 1 amide bonds. The van der Waals surface area contributed by atoms with Crippen LogP contribution in [0.2, 0.25) is 0 Å². The van der Waals surface area contributed by atoms with Gasteiger partial charge in [-0.05, 0) is 25.0 Å². The van der Waals surface area contributed by atoms with Crippen molar-refractivity contribution in [3.63, 3.8) is 0 Å². The molecule has 3 aromatic rings. The van der Waals surface area contributed by atoms with Crippen LogP contribution in [0.4, 0.5) is 23.4 Å². The number of nitrogens with one attached hydrogen (secondary N) is 3. The third kappa shape index (κ3) is 5.42. The van der Waals surface area contributed by atoms with E-state index < -0.39 is 41.0 Å². The largest absolute Gasteiger partial charge is 0.405 e. The Kier molecular flexibility index (Phi) is 7.03. The molecule has 35 heavy (non-hydrogen) atoms. The zero-order valence-corrected chi connectivity index (χ0v) is 19.5. The van der Waals surface area contributed by atoms with Crippen LogP contribution in [0.1, 0.15) is 19.8 Å². The van der Waals surface area contributed by atoms with E-state index in [4.69, 9.17) is 0 Å². The van der Waals surface area contributed by atoms with Crippen molar-refractivity contribution in [1.82, 2.24) is 29.6 Å². The van der Waals surface area contributed by atoms with Crippen LogP contribution in [-0.4, -0.2) is 71.5 Å². The minimum absolute atomic E-state index is 0.00177. The zero-order chi connectivity index (χ0) is 25.2. The molecule has 1 fully saturated rings. The van der Waals surface area contributed by atoms with E-state index in [-0.39, 0.29) is 37.6 Å². The van der Waals surface area contributed by atoms with E-state index in [0.717, 1.165) is 6.20 Å². The van der Waals surface area contributed by atoms with Gasteiger partial charge in [0.15, 0.2) is 17.5 Å². The van der Waals surface area contributed by atoms with Crippen molar-refractivity contribution in [1.29, 1.82) is 0 Å². The lowest BCUT2D eigenvalue weighted by Crippen LogP contribution is -2.59. The topological polar surface area (TPSA) is 116 Å². The first-order valence-electron chi connectivity index (χ1n) is 10.8. The SMILES string of the molecule is CCS(=O)N1CCC(Nc2nc(-c3c[nH]c4ncccc34)ncc2F)(C(=O)NCC(F)(F)F)CC1. The minimum atomic E-state index is -4.61. The Balaban J connectivity index is 1.65. The van der Waals surface area contributed by atoms with Gasteiger partial charge >= 0.3 is 6.18 Å². The highest BCUT2D eigenvalue weighted by Crippen LogP contribution is 2.31. The summed E-state index contributed by atoms with van der Waals surface area (Å²) in [5.41, 5.74) is -0.474. The first-order valence-corrected chi connectivity index (χ1v) is 12.1. The molecule has 1 aliphatic heterocycles. The van der Waals surface area contributed by atoms with Crippen molar-refractivity contribution < 1.29 is 26.6 Å². The van der Waals surface area contributed by atoms with Crippen molar-refractivity contribution in [3.05, 3.63) is 36.5 Å². The van der Waals surface area contributed by atoms with Crippen LogP contribution in [0, 0.1) is 5.82 Å². The second-order valence-electron chi connectivity index (χ2n) is 8.04. The van der Waals surface area contributed by atoms with Crippen molar-refractivity contribution in [3.8, 4) is 11.4 Å². The van der Waals surface area contributed by atoms with Crippen molar-refractivity contribution in [2.24, 2.45) is 0 Å². The number of piperidine rings is 1. The molecule has 0 aromatic carbocycles. The van der Waals surface area contributed by atoms with Crippen LogP contribution >= 0.6 is 0 Å². The van der Waals surface area contributed by atoms with Gasteiger partial charge in [0.25, 0.3) is 0 Å². The van der Waals surface area contributed by atoms with Crippen molar-refractivity contribution in [2.75, 3.05) is 30.7 Å². The standard InChI is InChI=1S/C21H23F4N7O2S/c1-2-35(34)32-8-5-20(6-9-32,19(33)29-12-21(23,24)25)31-18-15(22)11-28-17(30-18)14-10-27-16-13(14)4-3-7-26-16/h3-4,7,10-11H,2,5-6,8-9,12H2,1H3,(H,26,27)(H,29,33)(H,28,30,31). The summed E-state index contributed by atoms with van der Waals surface area (Å²) >= 11 is 0. The number of halogens is 4. The van der Waals surface area contributed by atoms with E-state index in [2.05, 4.69) is 25.3 Å². The number of H-pyrrole nitrogens is 1. The normalized spacial score (nSPS) is 17.3. The number of rotatable bonds is 7. The van der Waals surface area contributed by atoms with Gasteiger partial charge in [-0.25, -0.2) is 27.9 Å². The molecule has 0 radical (unpaired) electrons. The number of aromatic nitrogens is 4. The van der Waals surface area contributed by atoms with Crippen molar-refractivity contribution in [2.45, 2.75) is 31.5 Å². The van der Waals surface area contributed by atoms with Crippen LogP contribution in [0.3, 0.4) is 0 Å². The summed E-state index contributed by atoms with van der Waals surface area (Å²) in [6, 6.07) is 3.50. The molecule has 4 rings (SSSR count). The summed E-state index contributed by atoms with van der Waals surface area (Å²) in [6.07, 6.45) is -0.474. The summed E-state index contributed by atoms with van der Waals surface area (Å²) in [6.45, 7) is 0.547. The molecule has 188 valence electrons. The van der Waals surface area contributed by atoms with Crippen LogP contribution in [0.25, 0.3) is 22.4 Å². The Morgan fingerprint density at radius 3 is 2.71 bits per heavy atom. The molecule has 1 aliphatic rings. The molecule has 14 heteroatoms. The number of nitrogens with zero attached hydrogens (tertiary/aromatic N) is 4. The number of carbonyl (C=O) groups is 1. The number of aromatic amines is 1. The molecular formula is C21H23F4N7O2S. The Labute approximate surface area is 200 Å². The van der Waals surface area contributed by atoms with Gasteiger partial charge in [0.05, 0.1) is 17.2 Å². The maximum atomic E-state index is 14.8. The third-order valence-corrected chi connectivity index (χ3v) is 7.22. The van der Waals surface area contributed by atoms with Gasteiger partial charge in [0.1, 0.15) is 17.7 Å². The van der Waals surface area contributed by atoms with Gasteiger partial charge in [-0.1, -0.05) is 6.92 Å². The number of hydrogen-bond donors (Lipinski definition) is 3. The lowest BCUT2D eigenvalue weighted by Gasteiger charge is -2.40. The second-order valence-corrected chi connectivity index (χ2v) is 9.77. The Hall–Kier alpha value is -3.13. The van der Waals surface area contributed by atoms with E-state index in [0.29, 0.717) is 22.3 Å². The highest BCUT2D eigenvalue weighted by molar-refractivity contribution is 7.82. The van der Waals surface area contributed by atoms with Gasteiger partial charge in [0.2, 0.25) is 5.91 Å². The summed E-state index contributed by atoms with van der Waals surface area (Å²) in [5.74, 6) is -1.62. The summed E-state index contributed by atoms with van der Waals surface area (Å²) in [4.78, 5) is 28.4. The average Bonchev–Trinajstić information content (AvgIpc) is 3.27. The van der Waals surface area contributed by atoms with Gasteiger partial charge in [-0.15, -0.1) is 0 Å². The van der Waals surface area contributed by atoms with E-state index in [1.807, 2.05) is 5.32 Å². The molecular weight excluding hydrogens is 490 g/mol. The zero-order valence-electron chi connectivity index (χ0n) is 18.7. The van der Waals surface area contributed by atoms with Crippen LogP contribution in [-0.2, 0) is 15.8 Å². The fraction of sp³-hybridized carbons (Fsp3) is 0.429. The molecule has 0 spiro atoms. The van der Waals surface area contributed by atoms with Gasteiger partial charge in [-0.2, -0.15) is 13.2 Å². The molecule has 1 saturated heterocycles. The summed E-state index contributed by atoms with van der Waals surface area (Å²) in [5, 5.41) is 5.36. The van der Waals surface area contributed by atoms with Crippen LogP contribution in [0.5, 0.6) is 0 Å². The molecule has 3 aromatic heterocycles. The lowest BCUT2D eigenvalue weighted by molar-refractivity contribution is -0.141. The Bertz CT molecular complexity index is 1240. The van der Waals surface area contributed by atoms with Crippen molar-refractivity contribution >= 4 is 33.7 Å². The molecule has 0 saturated carbocycles. The van der Waals surface area contributed by atoms with E-state index in [1.54, 1.807) is 35.8 Å². The Morgan fingerprint density at radius 2 is 2.03 bits per heavy atom. The number of anilines is 1. The molecule has 9 nitrogen and oxygen atoms in total. The van der Waals surface area contributed by atoms with Crippen LogP contribution in [0.15, 0.2) is 30.7 Å². The van der Waals surface area contributed by atoms with E-state index in [1.165, 1.54) is 0 Å². The fourth-order valence-corrected chi connectivity index (χ4v) is 4.92. The first kappa shape index (κ1) is 25.0. The highest BCUT2D eigenvalue weighted by atomic mass is 32.2. The lowest BCUT2D eigenvalue weighted by atomic mass is 9.87. The molecule has 1 atom stereocenters. The molecule has 1 unspecified atom stereocenters. The molecule has 0 bridgehead atoms. The fourth-order valence-electron chi connectivity index (χ4n) is 3.96. The average molecular weight is 514 g/mol. The first-order chi connectivity index (χ1) is 16.6. The smallest absolute Gasteiger partial charge is 0.353 e. The van der Waals surface area contributed by atoms with E-state index >= 15 is 0 Å². The van der Waals surface area contributed by atoms with Gasteiger partial charge in [-0.3, -0.25) is 4.79 Å². The summed E-state index contributed by atoms with van der Waals surface area (Å²) in [7, 11) is -1.28. The predicted molar refractivity (Wildman–Crippen MR) is 122 cm³/mol. The third-order valence-electron chi connectivity index (χ3n) is 5.79. The monoisotopic (exact) mass is 513 g/mol. The molecule has 3 N–H and O–H groups in total. The Morgan fingerprint density at radius 1 is 1.29 bits per heavy atom. The van der Waals surface area contributed by atoms with E-state index in [9.17, 15) is 26.6 Å². The second kappa shape index (κ2) is 9.85. The number of hydrogen-bond acceptors (Lipinski definition) is 6.